The van der Waals surface area contributed by atoms with E-state index in [1.807, 2.05) is 24.4 Å². The first kappa shape index (κ1) is 13.2. The van der Waals surface area contributed by atoms with Crippen LogP contribution in [-0.4, -0.2) is 21.7 Å². The summed E-state index contributed by atoms with van der Waals surface area (Å²) in [4.78, 5) is 24.1. The number of aromatic amines is 1. The van der Waals surface area contributed by atoms with Crippen LogP contribution in [0.15, 0.2) is 35.2 Å². The largest absolute Gasteiger partial charge is 0.346 e. The summed E-state index contributed by atoms with van der Waals surface area (Å²) in [7, 11) is 0. The second-order valence-corrected chi connectivity index (χ2v) is 5.96. The van der Waals surface area contributed by atoms with E-state index >= 15 is 0 Å². The summed E-state index contributed by atoms with van der Waals surface area (Å²) in [5, 5.41) is 3.95. The molecule has 2 aromatic rings. The Bertz CT molecular complexity index is 781. The summed E-state index contributed by atoms with van der Waals surface area (Å²) in [5.41, 5.74) is 2.26. The van der Waals surface area contributed by atoms with Crippen LogP contribution in [0.3, 0.4) is 0 Å². The number of pyridine rings is 1. The quantitative estimate of drug-likeness (QED) is 0.836. The van der Waals surface area contributed by atoms with Crippen LogP contribution in [-0.2, 0) is 4.79 Å². The SMILES string of the molecule is O=C1NC(C2CCCCC2)=NC1=Cc1c[nH]c2ncccc12. The fourth-order valence-electron chi connectivity index (χ4n) is 3.30. The highest BCUT2D eigenvalue weighted by Gasteiger charge is 2.27. The molecule has 4 rings (SSSR count). The van der Waals surface area contributed by atoms with Gasteiger partial charge in [-0.15, -0.1) is 0 Å². The highest BCUT2D eigenvalue weighted by atomic mass is 16.2. The molecule has 22 heavy (non-hydrogen) atoms. The number of carbonyl (C=O) groups is 1. The highest BCUT2D eigenvalue weighted by molar-refractivity contribution is 6.15. The number of hydrogen-bond acceptors (Lipinski definition) is 3. The van der Waals surface area contributed by atoms with Crippen LogP contribution in [0.5, 0.6) is 0 Å². The average molecular weight is 294 g/mol. The molecule has 1 aliphatic carbocycles. The van der Waals surface area contributed by atoms with E-state index in [4.69, 9.17) is 0 Å². The van der Waals surface area contributed by atoms with Crippen molar-refractivity contribution in [1.82, 2.24) is 15.3 Å². The summed E-state index contributed by atoms with van der Waals surface area (Å²) in [6, 6.07) is 3.88. The third-order valence-electron chi connectivity index (χ3n) is 4.48. The summed E-state index contributed by atoms with van der Waals surface area (Å²) in [5.74, 6) is 1.17. The van der Waals surface area contributed by atoms with E-state index in [1.165, 1.54) is 19.3 Å². The van der Waals surface area contributed by atoms with Crippen LogP contribution in [0.2, 0.25) is 0 Å². The Labute approximate surface area is 128 Å². The molecule has 5 nitrogen and oxygen atoms in total. The van der Waals surface area contributed by atoms with Crippen molar-refractivity contribution in [3.05, 3.63) is 35.8 Å². The van der Waals surface area contributed by atoms with Gasteiger partial charge in [0.15, 0.2) is 0 Å². The zero-order valence-electron chi connectivity index (χ0n) is 12.3. The number of rotatable bonds is 2. The van der Waals surface area contributed by atoms with E-state index in [2.05, 4.69) is 20.3 Å². The molecule has 112 valence electrons. The molecule has 3 heterocycles. The van der Waals surface area contributed by atoms with Gasteiger partial charge in [-0.1, -0.05) is 19.3 Å². The molecule has 0 unspecified atom stereocenters. The van der Waals surface area contributed by atoms with Gasteiger partial charge in [0, 0.05) is 29.3 Å². The van der Waals surface area contributed by atoms with Gasteiger partial charge in [-0.25, -0.2) is 9.98 Å². The molecule has 1 fully saturated rings. The maximum absolute atomic E-state index is 12.2. The number of nitrogens with zero attached hydrogens (tertiary/aromatic N) is 2. The van der Waals surface area contributed by atoms with E-state index in [0.29, 0.717) is 11.6 Å². The third kappa shape index (κ3) is 2.32. The molecule has 5 heteroatoms. The molecule has 0 spiro atoms. The standard InChI is InChI=1S/C17H18N4O/c22-17-14(20-15(21-17)11-5-2-1-3-6-11)9-12-10-19-16-13(12)7-4-8-18-16/h4,7-11H,1-3,5-6H2,(H,18,19)(H,20,21,22). The lowest BCUT2D eigenvalue weighted by atomic mass is 9.88. The fraction of sp³-hybridized carbons (Fsp3) is 0.353. The van der Waals surface area contributed by atoms with Gasteiger partial charge in [-0.05, 0) is 31.1 Å². The maximum Gasteiger partial charge on any atom is 0.275 e. The number of fused-ring (bicyclic) bond motifs is 1. The topological polar surface area (TPSA) is 70.1 Å². The number of H-pyrrole nitrogens is 1. The van der Waals surface area contributed by atoms with E-state index < -0.39 is 0 Å². The Morgan fingerprint density at radius 1 is 1.23 bits per heavy atom. The molecule has 0 atom stereocenters. The first-order valence-corrected chi connectivity index (χ1v) is 7.85. The molecule has 2 N–H and O–H groups in total. The Hall–Kier alpha value is -2.43. The summed E-state index contributed by atoms with van der Waals surface area (Å²) >= 11 is 0. The lowest BCUT2D eigenvalue weighted by molar-refractivity contribution is -0.115. The van der Waals surface area contributed by atoms with Gasteiger partial charge in [0.05, 0.1) is 0 Å². The first-order chi connectivity index (χ1) is 10.8. The van der Waals surface area contributed by atoms with Gasteiger partial charge < -0.3 is 10.3 Å². The summed E-state index contributed by atoms with van der Waals surface area (Å²) < 4.78 is 0. The monoisotopic (exact) mass is 294 g/mol. The van der Waals surface area contributed by atoms with Crippen molar-refractivity contribution in [1.29, 1.82) is 0 Å². The van der Waals surface area contributed by atoms with E-state index in [-0.39, 0.29) is 5.91 Å². The molecular weight excluding hydrogens is 276 g/mol. The number of amidine groups is 1. The van der Waals surface area contributed by atoms with Gasteiger partial charge >= 0.3 is 0 Å². The zero-order chi connectivity index (χ0) is 14.9. The summed E-state index contributed by atoms with van der Waals surface area (Å²) in [6.45, 7) is 0. The Morgan fingerprint density at radius 3 is 2.95 bits per heavy atom. The van der Waals surface area contributed by atoms with Gasteiger partial charge in [-0.2, -0.15) is 0 Å². The first-order valence-electron chi connectivity index (χ1n) is 7.85. The van der Waals surface area contributed by atoms with Crippen molar-refractivity contribution in [2.45, 2.75) is 32.1 Å². The summed E-state index contributed by atoms with van der Waals surface area (Å²) in [6.07, 6.45) is 11.5. The molecule has 1 amide bonds. The number of hydrogen-bond donors (Lipinski definition) is 2. The van der Waals surface area contributed by atoms with Crippen molar-refractivity contribution in [2.75, 3.05) is 0 Å². The smallest absolute Gasteiger partial charge is 0.275 e. The van der Waals surface area contributed by atoms with Gasteiger partial charge in [0.1, 0.15) is 17.2 Å². The number of aromatic nitrogens is 2. The van der Waals surface area contributed by atoms with Gasteiger partial charge in [-0.3, -0.25) is 4.79 Å². The molecule has 1 aliphatic heterocycles. The molecule has 0 radical (unpaired) electrons. The third-order valence-corrected chi connectivity index (χ3v) is 4.48. The van der Waals surface area contributed by atoms with Crippen LogP contribution in [0.4, 0.5) is 0 Å². The molecule has 1 saturated carbocycles. The highest BCUT2D eigenvalue weighted by Crippen LogP contribution is 2.27. The van der Waals surface area contributed by atoms with Crippen molar-refractivity contribution in [3.63, 3.8) is 0 Å². The number of amides is 1. The minimum atomic E-state index is -0.0983. The van der Waals surface area contributed by atoms with Crippen LogP contribution >= 0.6 is 0 Å². The molecule has 0 aromatic carbocycles. The normalized spacial score (nSPS) is 21.4. The van der Waals surface area contributed by atoms with E-state index in [1.54, 1.807) is 6.20 Å². The maximum atomic E-state index is 12.2. The molecule has 2 aliphatic rings. The van der Waals surface area contributed by atoms with Crippen LogP contribution < -0.4 is 5.32 Å². The number of carbonyl (C=O) groups excluding carboxylic acids is 1. The van der Waals surface area contributed by atoms with Crippen LogP contribution in [0.1, 0.15) is 37.7 Å². The molecule has 0 saturated heterocycles. The molecule has 0 bridgehead atoms. The predicted molar refractivity (Wildman–Crippen MR) is 86.2 cm³/mol. The number of aliphatic imine (C=N–C) groups is 1. The van der Waals surface area contributed by atoms with E-state index in [0.717, 1.165) is 35.3 Å². The van der Waals surface area contributed by atoms with Gasteiger partial charge in [0.2, 0.25) is 0 Å². The average Bonchev–Trinajstić information content (AvgIpc) is 3.13. The minimum absolute atomic E-state index is 0.0983. The zero-order valence-corrected chi connectivity index (χ0v) is 12.3. The second kappa shape index (κ2) is 5.40. The molecular formula is C17H18N4O. The molecule has 2 aromatic heterocycles. The Balaban J connectivity index is 1.66. The minimum Gasteiger partial charge on any atom is -0.346 e. The van der Waals surface area contributed by atoms with Crippen LogP contribution in [0.25, 0.3) is 17.1 Å². The van der Waals surface area contributed by atoms with Crippen molar-refractivity contribution in [2.24, 2.45) is 10.9 Å². The Kier molecular flexibility index (Phi) is 3.25. The van der Waals surface area contributed by atoms with Crippen molar-refractivity contribution in [3.8, 4) is 0 Å². The number of nitrogens with one attached hydrogen (secondary N) is 2. The fourth-order valence-corrected chi connectivity index (χ4v) is 3.30. The predicted octanol–water partition coefficient (Wildman–Crippen LogP) is 3.01. The van der Waals surface area contributed by atoms with Crippen molar-refractivity contribution >= 4 is 28.9 Å². The van der Waals surface area contributed by atoms with Gasteiger partial charge in [0.25, 0.3) is 5.91 Å². The lowest BCUT2D eigenvalue weighted by Crippen LogP contribution is -2.31. The Morgan fingerprint density at radius 2 is 2.09 bits per heavy atom. The second-order valence-electron chi connectivity index (χ2n) is 5.96. The van der Waals surface area contributed by atoms with Crippen molar-refractivity contribution < 1.29 is 4.79 Å². The van der Waals surface area contributed by atoms with E-state index in [9.17, 15) is 4.79 Å². The lowest BCUT2D eigenvalue weighted by Gasteiger charge is -2.20. The van der Waals surface area contributed by atoms with Crippen LogP contribution in [0, 0.1) is 5.92 Å².